The van der Waals surface area contributed by atoms with Crippen LogP contribution in [0.2, 0.25) is 0 Å². The minimum atomic E-state index is -0.235. The molecule has 2 nitrogen and oxygen atoms in total. The zero-order valence-electron chi connectivity index (χ0n) is 11.0. The lowest BCUT2D eigenvalue weighted by atomic mass is 10.00. The number of hydrogen-bond acceptors (Lipinski definition) is 2. The van der Waals surface area contributed by atoms with Crippen LogP contribution >= 0.6 is 15.9 Å². The van der Waals surface area contributed by atoms with Crippen molar-refractivity contribution >= 4 is 21.6 Å². The molecular weight excluding hydrogens is 290 g/mol. The molecule has 1 aliphatic rings. The van der Waals surface area contributed by atoms with Crippen molar-refractivity contribution in [2.24, 2.45) is 5.92 Å². The van der Waals surface area contributed by atoms with E-state index >= 15 is 0 Å². The van der Waals surface area contributed by atoms with E-state index in [4.69, 9.17) is 0 Å². The van der Waals surface area contributed by atoms with Gasteiger partial charge in [0.1, 0.15) is 0 Å². The van der Waals surface area contributed by atoms with Gasteiger partial charge in [0.25, 0.3) is 0 Å². The largest absolute Gasteiger partial charge is 0.391 e. The van der Waals surface area contributed by atoms with Crippen LogP contribution < -0.4 is 5.32 Å². The molecule has 1 atom stereocenters. The first-order chi connectivity index (χ1) is 8.65. The van der Waals surface area contributed by atoms with Gasteiger partial charge in [-0.3, -0.25) is 0 Å². The first-order valence-electron chi connectivity index (χ1n) is 6.83. The van der Waals surface area contributed by atoms with Gasteiger partial charge in [0.15, 0.2) is 0 Å². The molecule has 2 N–H and O–H groups in total. The summed E-state index contributed by atoms with van der Waals surface area (Å²) >= 11 is 3.54. The highest BCUT2D eigenvalue weighted by molar-refractivity contribution is 9.10. The summed E-state index contributed by atoms with van der Waals surface area (Å²) < 4.78 is 1.07. The predicted molar refractivity (Wildman–Crippen MR) is 80.0 cm³/mol. The average Bonchev–Trinajstić information content (AvgIpc) is 2.80. The van der Waals surface area contributed by atoms with Crippen molar-refractivity contribution in [3.63, 3.8) is 0 Å². The number of halogens is 1. The zero-order valence-corrected chi connectivity index (χ0v) is 12.5. The summed E-state index contributed by atoms with van der Waals surface area (Å²) in [4.78, 5) is 0. The van der Waals surface area contributed by atoms with Crippen LogP contribution in [0.15, 0.2) is 22.7 Å². The lowest BCUT2D eigenvalue weighted by Gasteiger charge is -2.17. The summed E-state index contributed by atoms with van der Waals surface area (Å²) in [6.07, 6.45) is 5.98. The van der Waals surface area contributed by atoms with Gasteiger partial charge in [-0.25, -0.2) is 0 Å². The monoisotopic (exact) mass is 311 g/mol. The molecule has 0 heterocycles. The number of anilines is 1. The van der Waals surface area contributed by atoms with Gasteiger partial charge < -0.3 is 10.4 Å². The summed E-state index contributed by atoms with van der Waals surface area (Å²) in [5.74, 6) is 0.739. The number of rotatable bonds is 5. The Hall–Kier alpha value is -0.540. The second-order valence-corrected chi connectivity index (χ2v) is 6.26. The van der Waals surface area contributed by atoms with E-state index in [1.807, 2.05) is 0 Å². The van der Waals surface area contributed by atoms with Gasteiger partial charge in [0.2, 0.25) is 0 Å². The van der Waals surface area contributed by atoms with E-state index in [0.29, 0.717) is 6.54 Å². The Bertz CT molecular complexity index is 388. The molecule has 0 radical (unpaired) electrons. The molecule has 0 bridgehead atoms. The molecule has 0 aliphatic heterocycles. The molecule has 1 unspecified atom stereocenters. The van der Waals surface area contributed by atoms with Crippen molar-refractivity contribution in [1.29, 1.82) is 0 Å². The number of aliphatic hydroxyl groups excluding tert-OH is 1. The third-order valence-corrected chi connectivity index (χ3v) is 4.39. The molecule has 100 valence electrons. The standard InChI is InChI=1S/C15H22BrNO/c1-11-6-7-15(14(16)8-11)17-10-13(18)9-12-4-2-3-5-12/h6-8,12-13,17-18H,2-5,9-10H2,1H3. The van der Waals surface area contributed by atoms with E-state index in [0.717, 1.165) is 22.5 Å². The van der Waals surface area contributed by atoms with Gasteiger partial charge >= 0.3 is 0 Å². The molecular formula is C15H22BrNO. The van der Waals surface area contributed by atoms with Crippen LogP contribution in [-0.2, 0) is 0 Å². The van der Waals surface area contributed by atoms with Crippen LogP contribution in [-0.4, -0.2) is 17.8 Å². The highest BCUT2D eigenvalue weighted by Gasteiger charge is 2.18. The van der Waals surface area contributed by atoms with Crippen LogP contribution in [0.25, 0.3) is 0 Å². The lowest BCUT2D eigenvalue weighted by Crippen LogP contribution is -2.22. The Morgan fingerprint density at radius 2 is 2.11 bits per heavy atom. The summed E-state index contributed by atoms with van der Waals surface area (Å²) in [7, 11) is 0. The number of nitrogens with one attached hydrogen (secondary N) is 1. The van der Waals surface area contributed by atoms with Crippen molar-refractivity contribution in [3.05, 3.63) is 28.2 Å². The van der Waals surface area contributed by atoms with Crippen molar-refractivity contribution in [2.45, 2.75) is 45.1 Å². The molecule has 1 aromatic carbocycles. The van der Waals surface area contributed by atoms with Crippen LogP contribution in [0.5, 0.6) is 0 Å². The Morgan fingerprint density at radius 1 is 1.39 bits per heavy atom. The number of benzene rings is 1. The number of hydrogen-bond donors (Lipinski definition) is 2. The molecule has 0 spiro atoms. The Labute approximate surface area is 118 Å². The Balaban J connectivity index is 1.79. The molecule has 0 saturated heterocycles. The fraction of sp³-hybridized carbons (Fsp3) is 0.600. The van der Waals surface area contributed by atoms with Gasteiger partial charge in [-0.05, 0) is 52.9 Å². The highest BCUT2D eigenvalue weighted by Crippen LogP contribution is 2.29. The average molecular weight is 312 g/mol. The highest BCUT2D eigenvalue weighted by atomic mass is 79.9. The fourth-order valence-corrected chi connectivity index (χ4v) is 3.34. The molecule has 1 aromatic rings. The third-order valence-electron chi connectivity index (χ3n) is 3.73. The van der Waals surface area contributed by atoms with Crippen LogP contribution in [0.1, 0.15) is 37.7 Å². The van der Waals surface area contributed by atoms with Gasteiger partial charge in [0, 0.05) is 16.7 Å². The molecule has 1 fully saturated rings. The van der Waals surface area contributed by atoms with Crippen LogP contribution in [0.4, 0.5) is 5.69 Å². The maximum absolute atomic E-state index is 10.0. The minimum Gasteiger partial charge on any atom is -0.391 e. The first kappa shape index (κ1) is 13.9. The molecule has 1 aliphatic carbocycles. The van der Waals surface area contributed by atoms with Crippen LogP contribution in [0.3, 0.4) is 0 Å². The summed E-state index contributed by atoms with van der Waals surface area (Å²) in [5, 5.41) is 13.4. The third kappa shape index (κ3) is 3.99. The summed E-state index contributed by atoms with van der Waals surface area (Å²) in [5.41, 5.74) is 2.30. The molecule has 0 amide bonds. The van der Waals surface area contributed by atoms with Gasteiger partial charge in [-0.2, -0.15) is 0 Å². The molecule has 0 aromatic heterocycles. The smallest absolute Gasteiger partial charge is 0.0715 e. The van der Waals surface area contributed by atoms with E-state index < -0.39 is 0 Å². The van der Waals surface area contributed by atoms with Gasteiger partial charge in [-0.1, -0.05) is 31.7 Å². The SMILES string of the molecule is Cc1ccc(NCC(O)CC2CCCC2)c(Br)c1. The predicted octanol–water partition coefficient (Wildman–Crippen LogP) is 4.11. The fourth-order valence-electron chi connectivity index (χ4n) is 2.71. The summed E-state index contributed by atoms with van der Waals surface area (Å²) in [6, 6.07) is 6.23. The van der Waals surface area contributed by atoms with Crippen molar-refractivity contribution < 1.29 is 5.11 Å². The molecule has 1 saturated carbocycles. The Morgan fingerprint density at radius 3 is 2.78 bits per heavy atom. The molecule has 3 heteroatoms. The topological polar surface area (TPSA) is 32.3 Å². The quantitative estimate of drug-likeness (QED) is 0.857. The number of aryl methyl sites for hydroxylation is 1. The Kier molecular flexibility index (Phi) is 5.07. The summed E-state index contributed by atoms with van der Waals surface area (Å²) in [6.45, 7) is 2.71. The van der Waals surface area contributed by atoms with Crippen molar-refractivity contribution in [1.82, 2.24) is 0 Å². The zero-order chi connectivity index (χ0) is 13.0. The maximum Gasteiger partial charge on any atom is 0.0715 e. The van der Waals surface area contributed by atoms with E-state index in [1.54, 1.807) is 0 Å². The normalized spacial score (nSPS) is 17.9. The van der Waals surface area contributed by atoms with Crippen molar-refractivity contribution in [2.75, 3.05) is 11.9 Å². The van der Waals surface area contributed by atoms with E-state index in [2.05, 4.69) is 46.4 Å². The number of aliphatic hydroxyl groups is 1. The minimum absolute atomic E-state index is 0.235. The first-order valence-corrected chi connectivity index (χ1v) is 7.62. The maximum atomic E-state index is 10.0. The second-order valence-electron chi connectivity index (χ2n) is 5.40. The molecule has 18 heavy (non-hydrogen) atoms. The lowest BCUT2D eigenvalue weighted by molar-refractivity contribution is 0.155. The molecule has 2 rings (SSSR count). The van der Waals surface area contributed by atoms with E-state index in [-0.39, 0.29) is 6.10 Å². The van der Waals surface area contributed by atoms with Gasteiger partial charge in [0.05, 0.1) is 6.10 Å². The van der Waals surface area contributed by atoms with Crippen molar-refractivity contribution in [3.8, 4) is 0 Å². The van der Waals surface area contributed by atoms with E-state index in [9.17, 15) is 5.11 Å². The van der Waals surface area contributed by atoms with E-state index in [1.165, 1.54) is 31.2 Å². The second kappa shape index (κ2) is 6.58. The van der Waals surface area contributed by atoms with Gasteiger partial charge in [-0.15, -0.1) is 0 Å². The van der Waals surface area contributed by atoms with Crippen LogP contribution in [0, 0.1) is 12.8 Å².